The second kappa shape index (κ2) is 13.3. The van der Waals surface area contributed by atoms with Crippen molar-refractivity contribution >= 4 is 17.6 Å². The zero-order valence-electron chi connectivity index (χ0n) is 22.1. The molecule has 1 unspecified atom stereocenters. The minimum Gasteiger partial charge on any atom is -0.493 e. The lowest BCUT2D eigenvalue weighted by molar-refractivity contribution is -0.136. The SMILES string of the molecule is CCOc1ccccc1-c1cc(-c2cc(CCC(=O)O)ccc2OCc2cccc(Cl)c2)nn1CC(O)CC. The predicted octanol–water partition coefficient (Wildman–Crippen LogP) is 6.64. The van der Waals surface area contributed by atoms with Crippen molar-refractivity contribution in [2.24, 2.45) is 0 Å². The molecule has 2 N–H and O–H groups in total. The van der Waals surface area contributed by atoms with Crippen molar-refractivity contribution in [3.63, 3.8) is 0 Å². The molecule has 8 heteroatoms. The van der Waals surface area contributed by atoms with Crippen LogP contribution in [0.25, 0.3) is 22.5 Å². The number of aryl methyl sites for hydroxylation is 1. The van der Waals surface area contributed by atoms with Gasteiger partial charge in [0, 0.05) is 22.6 Å². The number of para-hydroxylation sites is 1. The fraction of sp³-hybridized carbons (Fsp3) is 0.290. The molecule has 1 heterocycles. The molecular weight excluding hydrogens is 516 g/mol. The van der Waals surface area contributed by atoms with Gasteiger partial charge in [-0.1, -0.05) is 48.9 Å². The van der Waals surface area contributed by atoms with E-state index < -0.39 is 12.1 Å². The minimum absolute atomic E-state index is 0.0201. The fourth-order valence-electron chi connectivity index (χ4n) is 4.29. The summed E-state index contributed by atoms with van der Waals surface area (Å²) in [5.41, 5.74) is 4.84. The van der Waals surface area contributed by atoms with Gasteiger partial charge >= 0.3 is 5.97 Å². The van der Waals surface area contributed by atoms with E-state index >= 15 is 0 Å². The number of aliphatic carboxylic acids is 1. The number of benzene rings is 3. The second-order valence-electron chi connectivity index (χ2n) is 9.23. The highest BCUT2D eigenvalue weighted by molar-refractivity contribution is 6.30. The van der Waals surface area contributed by atoms with Crippen LogP contribution >= 0.6 is 11.6 Å². The lowest BCUT2D eigenvalue weighted by Crippen LogP contribution is -2.16. The van der Waals surface area contributed by atoms with Crippen LogP contribution in [0.15, 0.2) is 72.8 Å². The fourth-order valence-corrected chi connectivity index (χ4v) is 4.50. The van der Waals surface area contributed by atoms with Crippen LogP contribution in [-0.2, 0) is 24.4 Å². The summed E-state index contributed by atoms with van der Waals surface area (Å²) in [7, 11) is 0. The van der Waals surface area contributed by atoms with E-state index in [0.29, 0.717) is 49.1 Å². The Hall–Kier alpha value is -3.81. The van der Waals surface area contributed by atoms with E-state index in [2.05, 4.69) is 0 Å². The van der Waals surface area contributed by atoms with E-state index in [4.69, 9.17) is 26.2 Å². The number of hydrogen-bond donors (Lipinski definition) is 2. The molecule has 0 aliphatic rings. The summed E-state index contributed by atoms with van der Waals surface area (Å²) in [6, 6.07) is 22.9. The molecule has 4 rings (SSSR count). The lowest BCUT2D eigenvalue weighted by atomic mass is 10.0. The Morgan fingerprint density at radius 3 is 2.49 bits per heavy atom. The lowest BCUT2D eigenvalue weighted by Gasteiger charge is -2.14. The molecule has 1 atom stereocenters. The number of hydrogen-bond acceptors (Lipinski definition) is 5. The average molecular weight is 549 g/mol. The van der Waals surface area contributed by atoms with Crippen LogP contribution in [0.2, 0.25) is 5.02 Å². The van der Waals surface area contributed by atoms with E-state index in [-0.39, 0.29) is 6.42 Å². The highest BCUT2D eigenvalue weighted by Gasteiger charge is 2.20. The standard InChI is InChI=1S/C31H33ClN2O5/c1-3-24(35)19-34-28(25-10-5-6-11-29(25)38-4-2)18-27(33-34)26-17-21(13-15-31(36)37)12-14-30(26)39-20-22-8-7-9-23(32)16-22/h5-12,14,16-18,24,35H,3-4,13,15,19-20H2,1-2H3,(H,36,37). The molecule has 4 aromatic rings. The maximum Gasteiger partial charge on any atom is 0.303 e. The molecular formula is C31H33ClN2O5. The van der Waals surface area contributed by atoms with Crippen LogP contribution in [0.1, 0.15) is 37.8 Å². The molecule has 0 spiro atoms. The van der Waals surface area contributed by atoms with Gasteiger partial charge in [0.1, 0.15) is 18.1 Å². The molecule has 0 saturated heterocycles. The van der Waals surface area contributed by atoms with Crippen LogP contribution in [0.5, 0.6) is 11.5 Å². The van der Waals surface area contributed by atoms with E-state index in [1.54, 1.807) is 4.68 Å². The van der Waals surface area contributed by atoms with E-state index in [1.807, 2.05) is 86.6 Å². The number of carboxylic acids is 1. The number of aliphatic hydroxyl groups excluding tert-OH is 1. The first-order chi connectivity index (χ1) is 18.9. The molecule has 204 valence electrons. The number of aliphatic hydroxyl groups is 1. The van der Waals surface area contributed by atoms with Gasteiger partial charge in [-0.2, -0.15) is 5.10 Å². The molecule has 0 fully saturated rings. The van der Waals surface area contributed by atoms with E-state index in [0.717, 1.165) is 33.7 Å². The van der Waals surface area contributed by atoms with Gasteiger partial charge in [-0.25, -0.2) is 0 Å². The first kappa shape index (κ1) is 28.2. The molecule has 7 nitrogen and oxygen atoms in total. The summed E-state index contributed by atoms with van der Waals surface area (Å²) in [5, 5.41) is 25.2. The maximum absolute atomic E-state index is 11.2. The van der Waals surface area contributed by atoms with Gasteiger partial charge in [0.25, 0.3) is 0 Å². The topological polar surface area (TPSA) is 93.8 Å². The van der Waals surface area contributed by atoms with E-state index in [9.17, 15) is 15.0 Å². The van der Waals surface area contributed by atoms with Crippen LogP contribution in [-0.4, -0.2) is 38.7 Å². The third kappa shape index (κ3) is 7.40. The zero-order chi connectivity index (χ0) is 27.8. The molecule has 3 aromatic carbocycles. The minimum atomic E-state index is -0.856. The third-order valence-corrected chi connectivity index (χ3v) is 6.56. The Labute approximate surface area is 233 Å². The highest BCUT2D eigenvalue weighted by atomic mass is 35.5. The molecule has 0 radical (unpaired) electrons. The molecule has 0 aliphatic heterocycles. The normalized spacial score (nSPS) is 11.8. The smallest absolute Gasteiger partial charge is 0.303 e. The largest absolute Gasteiger partial charge is 0.493 e. The van der Waals surface area contributed by atoms with Crippen molar-refractivity contribution in [2.75, 3.05) is 6.61 Å². The molecule has 39 heavy (non-hydrogen) atoms. The summed E-state index contributed by atoms with van der Waals surface area (Å²) in [6.45, 7) is 4.99. The predicted molar refractivity (Wildman–Crippen MR) is 152 cm³/mol. The summed E-state index contributed by atoms with van der Waals surface area (Å²) < 4.78 is 13.9. The molecule has 0 amide bonds. The van der Waals surface area contributed by atoms with Crippen molar-refractivity contribution in [2.45, 2.75) is 52.4 Å². The van der Waals surface area contributed by atoms with Gasteiger partial charge in [0.05, 0.1) is 30.6 Å². The van der Waals surface area contributed by atoms with Crippen LogP contribution in [0, 0.1) is 0 Å². The molecule has 0 aliphatic carbocycles. The van der Waals surface area contributed by atoms with Crippen LogP contribution < -0.4 is 9.47 Å². The Kier molecular flexibility index (Phi) is 9.63. The van der Waals surface area contributed by atoms with Crippen molar-refractivity contribution in [3.05, 3.63) is 88.9 Å². The quantitative estimate of drug-likeness (QED) is 0.194. The van der Waals surface area contributed by atoms with Gasteiger partial charge in [-0.15, -0.1) is 0 Å². The number of rotatable bonds is 13. The monoisotopic (exact) mass is 548 g/mol. The van der Waals surface area contributed by atoms with Crippen molar-refractivity contribution in [3.8, 4) is 34.0 Å². The summed E-state index contributed by atoms with van der Waals surface area (Å²) in [4.78, 5) is 11.2. The van der Waals surface area contributed by atoms with Gasteiger partial charge in [0.15, 0.2) is 0 Å². The number of carbonyl (C=O) groups is 1. The highest BCUT2D eigenvalue weighted by Crippen LogP contribution is 2.37. The first-order valence-corrected chi connectivity index (χ1v) is 13.5. The zero-order valence-corrected chi connectivity index (χ0v) is 22.9. The number of nitrogens with zero attached hydrogens (tertiary/aromatic N) is 2. The summed E-state index contributed by atoms with van der Waals surface area (Å²) in [5.74, 6) is 0.483. The number of carboxylic acid groups (broad SMARTS) is 1. The Bertz CT molecular complexity index is 1420. The van der Waals surface area contributed by atoms with Crippen LogP contribution in [0.3, 0.4) is 0 Å². The number of aromatic nitrogens is 2. The maximum atomic E-state index is 11.2. The third-order valence-electron chi connectivity index (χ3n) is 6.33. The summed E-state index contributed by atoms with van der Waals surface area (Å²) in [6.07, 6.45) is 0.412. The second-order valence-corrected chi connectivity index (χ2v) is 9.67. The molecule has 0 bridgehead atoms. The van der Waals surface area contributed by atoms with E-state index in [1.165, 1.54) is 0 Å². The number of halogens is 1. The molecule has 0 saturated carbocycles. The number of ether oxygens (including phenoxy) is 2. The van der Waals surface area contributed by atoms with Gasteiger partial charge in [0.2, 0.25) is 0 Å². The van der Waals surface area contributed by atoms with Gasteiger partial charge in [-0.05, 0) is 73.4 Å². The average Bonchev–Trinajstić information content (AvgIpc) is 3.34. The van der Waals surface area contributed by atoms with Crippen LogP contribution in [0.4, 0.5) is 0 Å². The van der Waals surface area contributed by atoms with Crippen molar-refractivity contribution in [1.82, 2.24) is 9.78 Å². The summed E-state index contributed by atoms with van der Waals surface area (Å²) >= 11 is 6.15. The molecule has 1 aromatic heterocycles. The van der Waals surface area contributed by atoms with Crippen molar-refractivity contribution in [1.29, 1.82) is 0 Å². The van der Waals surface area contributed by atoms with Gasteiger partial charge < -0.3 is 19.7 Å². The Morgan fingerprint density at radius 1 is 0.949 bits per heavy atom. The Balaban J connectivity index is 1.79. The van der Waals surface area contributed by atoms with Gasteiger partial charge in [-0.3, -0.25) is 9.48 Å². The van der Waals surface area contributed by atoms with Crippen molar-refractivity contribution < 1.29 is 24.5 Å². The first-order valence-electron chi connectivity index (χ1n) is 13.1. The Morgan fingerprint density at radius 2 is 1.74 bits per heavy atom.